The molecule has 3 nitrogen and oxygen atoms in total. The van der Waals surface area contributed by atoms with Crippen LogP contribution in [-0.4, -0.2) is 28.0 Å². The predicted molar refractivity (Wildman–Crippen MR) is 40.5 cm³/mol. The van der Waals surface area contributed by atoms with Crippen molar-refractivity contribution in [2.24, 2.45) is 0 Å². The number of hydrogen-bond donors (Lipinski definition) is 2. The first-order valence-corrected chi connectivity index (χ1v) is 3.68. The summed E-state index contributed by atoms with van der Waals surface area (Å²) in [6, 6.07) is 0. The molecular weight excluding hydrogens is 201 g/mol. The zero-order valence-corrected chi connectivity index (χ0v) is 6.88. The summed E-state index contributed by atoms with van der Waals surface area (Å²) in [4.78, 5) is 10.5. The molecule has 0 fully saturated rings. The lowest BCUT2D eigenvalue weighted by molar-refractivity contribution is -0.153. The third kappa shape index (κ3) is 1.95. The summed E-state index contributed by atoms with van der Waals surface area (Å²) in [6.45, 7) is 0. The van der Waals surface area contributed by atoms with Crippen LogP contribution in [0.4, 0.5) is 13.2 Å². The Labute approximate surface area is 77.2 Å². The molecule has 0 saturated heterocycles. The largest absolute Gasteiger partial charge is 0.479 e. The Morgan fingerprint density at radius 1 is 1.50 bits per heavy atom. The number of aliphatic carboxylic acids is 1. The lowest BCUT2D eigenvalue weighted by atomic mass is 9.91. The number of allylic oxidation sites excluding steroid dienone is 2. The van der Waals surface area contributed by atoms with Gasteiger partial charge in [0.2, 0.25) is 0 Å². The van der Waals surface area contributed by atoms with Crippen molar-refractivity contribution in [1.29, 1.82) is 0 Å². The fourth-order valence-electron chi connectivity index (χ4n) is 1.06. The van der Waals surface area contributed by atoms with E-state index in [4.69, 9.17) is 5.11 Å². The summed E-state index contributed by atoms with van der Waals surface area (Å²) in [5, 5.41) is 17.7. The molecule has 1 aliphatic rings. The molecule has 1 unspecified atom stereocenters. The molecule has 0 aromatic rings. The van der Waals surface area contributed by atoms with Gasteiger partial charge in [0.05, 0.1) is 5.57 Å². The maximum atomic E-state index is 12.1. The van der Waals surface area contributed by atoms with Gasteiger partial charge in [-0.05, 0) is 6.08 Å². The smallest absolute Gasteiger partial charge is 0.416 e. The van der Waals surface area contributed by atoms with E-state index in [1.165, 1.54) is 0 Å². The normalized spacial score (nSPS) is 27.3. The van der Waals surface area contributed by atoms with Gasteiger partial charge in [0.25, 0.3) is 0 Å². The number of hydrogen-bond acceptors (Lipinski definition) is 2. The summed E-state index contributed by atoms with van der Waals surface area (Å²) in [5.74, 6) is -1.69. The molecule has 0 aliphatic heterocycles. The zero-order valence-electron chi connectivity index (χ0n) is 6.88. The Kier molecular flexibility index (Phi) is 2.41. The molecule has 1 atom stereocenters. The van der Waals surface area contributed by atoms with Crippen LogP contribution in [0.5, 0.6) is 0 Å². The summed E-state index contributed by atoms with van der Waals surface area (Å²) in [6.07, 6.45) is -2.95. The van der Waals surface area contributed by atoms with Gasteiger partial charge in [-0.1, -0.05) is 12.2 Å². The van der Waals surface area contributed by atoms with Gasteiger partial charge in [-0.15, -0.1) is 0 Å². The second-order valence-electron chi connectivity index (χ2n) is 2.93. The molecule has 0 aromatic heterocycles. The van der Waals surface area contributed by atoms with Gasteiger partial charge in [0.15, 0.2) is 5.60 Å². The van der Waals surface area contributed by atoms with Crippen LogP contribution in [0.1, 0.15) is 6.42 Å². The van der Waals surface area contributed by atoms with Crippen LogP contribution in [-0.2, 0) is 4.79 Å². The minimum Gasteiger partial charge on any atom is -0.479 e. The Bertz CT molecular complexity index is 316. The van der Waals surface area contributed by atoms with E-state index in [0.29, 0.717) is 6.08 Å². The van der Waals surface area contributed by atoms with Gasteiger partial charge in [-0.3, -0.25) is 0 Å². The first-order valence-electron chi connectivity index (χ1n) is 3.68. The lowest BCUT2D eigenvalue weighted by Gasteiger charge is -2.23. The van der Waals surface area contributed by atoms with Crippen LogP contribution in [0.25, 0.3) is 0 Å². The van der Waals surface area contributed by atoms with Crippen molar-refractivity contribution >= 4 is 5.97 Å². The minimum absolute atomic E-state index is 0.315. The highest BCUT2D eigenvalue weighted by Gasteiger charge is 2.41. The highest BCUT2D eigenvalue weighted by molar-refractivity contribution is 5.81. The fraction of sp³-hybridized carbons (Fsp3) is 0.375. The van der Waals surface area contributed by atoms with E-state index in [9.17, 15) is 23.1 Å². The quantitative estimate of drug-likeness (QED) is 0.681. The molecule has 0 aromatic carbocycles. The molecule has 0 heterocycles. The molecular formula is C8H7F3O3. The van der Waals surface area contributed by atoms with Gasteiger partial charge in [0, 0.05) is 6.42 Å². The molecule has 78 valence electrons. The van der Waals surface area contributed by atoms with Crippen molar-refractivity contribution in [3.63, 3.8) is 0 Å². The van der Waals surface area contributed by atoms with Crippen molar-refractivity contribution in [2.75, 3.05) is 0 Å². The molecule has 0 saturated carbocycles. The van der Waals surface area contributed by atoms with E-state index < -0.39 is 23.3 Å². The van der Waals surface area contributed by atoms with Crippen LogP contribution in [0, 0.1) is 0 Å². The molecule has 0 spiro atoms. The average molecular weight is 208 g/mol. The maximum Gasteiger partial charge on any atom is 0.416 e. The van der Waals surface area contributed by atoms with Gasteiger partial charge >= 0.3 is 12.1 Å². The second kappa shape index (κ2) is 3.13. The third-order valence-electron chi connectivity index (χ3n) is 1.82. The molecule has 1 aliphatic carbocycles. The van der Waals surface area contributed by atoms with Gasteiger partial charge < -0.3 is 10.2 Å². The van der Waals surface area contributed by atoms with Crippen molar-refractivity contribution < 1.29 is 28.2 Å². The molecule has 6 heteroatoms. The molecule has 1 rings (SSSR count). The van der Waals surface area contributed by atoms with Gasteiger partial charge in [-0.2, -0.15) is 13.2 Å². The van der Waals surface area contributed by atoms with Crippen LogP contribution in [0.15, 0.2) is 23.8 Å². The van der Waals surface area contributed by atoms with E-state index in [-0.39, 0.29) is 6.42 Å². The van der Waals surface area contributed by atoms with Gasteiger partial charge in [-0.25, -0.2) is 4.79 Å². The van der Waals surface area contributed by atoms with E-state index in [0.717, 1.165) is 12.2 Å². The van der Waals surface area contributed by atoms with E-state index in [1.54, 1.807) is 0 Å². The van der Waals surface area contributed by atoms with Crippen LogP contribution in [0.2, 0.25) is 0 Å². The summed E-state index contributed by atoms with van der Waals surface area (Å²) in [5.41, 5.74) is -3.59. The number of carbonyl (C=O) groups is 1. The van der Waals surface area contributed by atoms with Gasteiger partial charge in [0.1, 0.15) is 0 Å². The van der Waals surface area contributed by atoms with Crippen LogP contribution < -0.4 is 0 Å². The Balaban J connectivity index is 3.06. The zero-order chi connectivity index (χ0) is 11.0. The van der Waals surface area contributed by atoms with E-state index in [2.05, 4.69) is 0 Å². The predicted octanol–water partition coefficient (Wildman–Crippen LogP) is 1.25. The first kappa shape index (κ1) is 10.8. The minimum atomic E-state index is -4.64. The first-order chi connectivity index (χ1) is 6.26. The van der Waals surface area contributed by atoms with E-state index >= 15 is 0 Å². The number of alkyl halides is 3. The van der Waals surface area contributed by atoms with Crippen molar-refractivity contribution in [1.82, 2.24) is 0 Å². The SMILES string of the molecule is O=C(O)C1(O)C=C(C(F)(F)F)C=CC1. The Morgan fingerprint density at radius 2 is 2.07 bits per heavy atom. The summed E-state index contributed by atoms with van der Waals surface area (Å²) < 4.78 is 36.4. The fourth-order valence-corrected chi connectivity index (χ4v) is 1.06. The standard InChI is InChI=1S/C8H7F3O3/c9-8(10,11)5-2-1-3-7(14,4-5)6(12)13/h1-2,4,14H,3H2,(H,12,13). The third-order valence-corrected chi connectivity index (χ3v) is 1.82. The lowest BCUT2D eigenvalue weighted by Crippen LogP contribution is -2.38. The van der Waals surface area contributed by atoms with Crippen LogP contribution in [0.3, 0.4) is 0 Å². The molecule has 0 amide bonds. The number of aliphatic hydroxyl groups is 1. The van der Waals surface area contributed by atoms with Crippen molar-refractivity contribution in [2.45, 2.75) is 18.2 Å². The number of carboxylic acids is 1. The highest BCUT2D eigenvalue weighted by Crippen LogP contribution is 2.32. The number of carboxylic acid groups (broad SMARTS) is 1. The summed E-state index contributed by atoms with van der Waals surface area (Å²) >= 11 is 0. The second-order valence-corrected chi connectivity index (χ2v) is 2.93. The Hall–Kier alpha value is -1.30. The molecule has 2 N–H and O–H groups in total. The molecule has 0 radical (unpaired) electrons. The summed E-state index contributed by atoms with van der Waals surface area (Å²) in [7, 11) is 0. The highest BCUT2D eigenvalue weighted by atomic mass is 19.4. The molecule has 0 bridgehead atoms. The number of rotatable bonds is 1. The van der Waals surface area contributed by atoms with Crippen molar-refractivity contribution in [3.8, 4) is 0 Å². The van der Waals surface area contributed by atoms with Crippen LogP contribution >= 0.6 is 0 Å². The monoisotopic (exact) mass is 208 g/mol. The molecule has 14 heavy (non-hydrogen) atoms. The topological polar surface area (TPSA) is 57.5 Å². The Morgan fingerprint density at radius 3 is 2.50 bits per heavy atom. The maximum absolute atomic E-state index is 12.1. The average Bonchev–Trinajstić information content (AvgIpc) is 2.02. The van der Waals surface area contributed by atoms with E-state index in [1.807, 2.05) is 0 Å². The van der Waals surface area contributed by atoms with Crippen molar-refractivity contribution in [3.05, 3.63) is 23.8 Å². The number of halogens is 3.